The highest BCUT2D eigenvalue weighted by Gasteiger charge is 2.08. The maximum atomic E-state index is 13.0. The summed E-state index contributed by atoms with van der Waals surface area (Å²) in [6, 6.07) is 8.48. The van der Waals surface area contributed by atoms with Crippen molar-refractivity contribution >= 4 is 28.9 Å². The second kappa shape index (κ2) is 5.55. The van der Waals surface area contributed by atoms with E-state index in [1.54, 1.807) is 12.1 Å². The largest absolute Gasteiger partial charge is 0.379 e. The Hall–Kier alpha value is -1.32. The third-order valence-electron chi connectivity index (χ3n) is 2.37. The number of hydrogen-bond acceptors (Lipinski definition) is 1. The Morgan fingerprint density at radius 2 is 1.61 bits per heavy atom. The van der Waals surface area contributed by atoms with Crippen LogP contribution in [-0.2, 0) is 6.54 Å². The molecule has 5 heteroatoms. The average molecular weight is 288 g/mol. The van der Waals surface area contributed by atoms with Crippen LogP contribution in [-0.4, -0.2) is 0 Å². The normalized spacial score (nSPS) is 10.4. The molecule has 1 N–H and O–H groups in total. The zero-order chi connectivity index (χ0) is 13.1. The molecule has 2 aromatic carbocycles. The summed E-state index contributed by atoms with van der Waals surface area (Å²) in [4.78, 5) is 0. The highest BCUT2D eigenvalue weighted by atomic mass is 35.5. The molecule has 94 valence electrons. The van der Waals surface area contributed by atoms with E-state index in [1.165, 1.54) is 24.3 Å². The molecule has 18 heavy (non-hydrogen) atoms. The topological polar surface area (TPSA) is 12.0 Å². The highest BCUT2D eigenvalue weighted by Crippen LogP contribution is 2.31. The van der Waals surface area contributed by atoms with Gasteiger partial charge in [-0.25, -0.2) is 8.78 Å². The van der Waals surface area contributed by atoms with Gasteiger partial charge in [0, 0.05) is 6.54 Å². The van der Waals surface area contributed by atoms with Gasteiger partial charge in [0.15, 0.2) is 0 Å². The number of anilines is 1. The summed E-state index contributed by atoms with van der Waals surface area (Å²) in [5.74, 6) is -0.813. The zero-order valence-corrected chi connectivity index (χ0v) is 10.7. The second-order valence-corrected chi connectivity index (χ2v) is 4.54. The molecule has 2 aromatic rings. The van der Waals surface area contributed by atoms with Crippen LogP contribution in [0, 0.1) is 11.6 Å². The smallest absolute Gasteiger partial charge is 0.126 e. The minimum Gasteiger partial charge on any atom is -0.379 e. The Morgan fingerprint density at radius 3 is 2.22 bits per heavy atom. The Kier molecular flexibility index (Phi) is 4.04. The van der Waals surface area contributed by atoms with E-state index in [9.17, 15) is 8.78 Å². The molecule has 2 rings (SSSR count). The van der Waals surface area contributed by atoms with Gasteiger partial charge in [0.25, 0.3) is 0 Å². The molecule has 0 aliphatic heterocycles. The summed E-state index contributed by atoms with van der Waals surface area (Å²) in [6.45, 7) is 0.350. The van der Waals surface area contributed by atoms with Crippen molar-refractivity contribution in [3.8, 4) is 0 Å². The van der Waals surface area contributed by atoms with Gasteiger partial charge < -0.3 is 5.32 Å². The molecule has 0 aliphatic carbocycles. The number of nitrogens with one attached hydrogen (secondary N) is 1. The van der Waals surface area contributed by atoms with Gasteiger partial charge in [0.1, 0.15) is 11.6 Å². The first kappa shape index (κ1) is 13.1. The van der Waals surface area contributed by atoms with E-state index in [1.807, 2.05) is 0 Å². The lowest BCUT2D eigenvalue weighted by Crippen LogP contribution is -2.01. The van der Waals surface area contributed by atoms with Crippen LogP contribution in [0.2, 0.25) is 10.0 Å². The predicted octanol–water partition coefficient (Wildman–Crippen LogP) is 4.88. The van der Waals surface area contributed by atoms with Crippen molar-refractivity contribution in [2.45, 2.75) is 6.54 Å². The van der Waals surface area contributed by atoms with E-state index in [-0.39, 0.29) is 15.9 Å². The fraction of sp³-hybridized carbons (Fsp3) is 0.0769. The van der Waals surface area contributed by atoms with Crippen LogP contribution in [0.1, 0.15) is 5.56 Å². The maximum Gasteiger partial charge on any atom is 0.126 e. The molecule has 0 radical (unpaired) electrons. The second-order valence-electron chi connectivity index (χ2n) is 3.73. The van der Waals surface area contributed by atoms with Crippen LogP contribution >= 0.6 is 23.2 Å². The lowest BCUT2D eigenvalue weighted by atomic mass is 10.2. The van der Waals surface area contributed by atoms with Crippen LogP contribution in [0.5, 0.6) is 0 Å². The summed E-state index contributed by atoms with van der Waals surface area (Å²) < 4.78 is 26.0. The summed E-state index contributed by atoms with van der Waals surface area (Å²) >= 11 is 11.7. The molecule has 0 aromatic heterocycles. The van der Waals surface area contributed by atoms with Crippen LogP contribution in [0.4, 0.5) is 14.5 Å². The van der Waals surface area contributed by atoms with Gasteiger partial charge in [-0.3, -0.25) is 0 Å². The molecule has 0 spiro atoms. The van der Waals surface area contributed by atoms with E-state index < -0.39 is 5.82 Å². The van der Waals surface area contributed by atoms with Crippen molar-refractivity contribution in [2.75, 3.05) is 5.32 Å². The van der Waals surface area contributed by atoms with Gasteiger partial charge in [-0.2, -0.15) is 0 Å². The average Bonchev–Trinajstić information content (AvgIpc) is 2.27. The fourth-order valence-electron chi connectivity index (χ4n) is 1.55. The van der Waals surface area contributed by atoms with E-state index >= 15 is 0 Å². The Morgan fingerprint density at radius 1 is 0.944 bits per heavy atom. The first-order valence-corrected chi connectivity index (χ1v) is 5.95. The zero-order valence-electron chi connectivity index (χ0n) is 9.18. The van der Waals surface area contributed by atoms with E-state index in [0.717, 1.165) is 5.56 Å². The molecule has 0 saturated carbocycles. The van der Waals surface area contributed by atoms with Crippen molar-refractivity contribution in [3.05, 3.63) is 63.6 Å². The van der Waals surface area contributed by atoms with Crippen molar-refractivity contribution in [1.82, 2.24) is 0 Å². The van der Waals surface area contributed by atoms with Crippen molar-refractivity contribution in [1.29, 1.82) is 0 Å². The Bertz CT molecular complexity index is 550. The third-order valence-corrected chi connectivity index (χ3v) is 2.96. The fourth-order valence-corrected chi connectivity index (χ4v) is 2.14. The van der Waals surface area contributed by atoms with Gasteiger partial charge in [-0.1, -0.05) is 35.3 Å². The first-order valence-electron chi connectivity index (χ1n) is 5.19. The molecule has 0 atom stereocenters. The van der Waals surface area contributed by atoms with Gasteiger partial charge in [-0.15, -0.1) is 0 Å². The number of rotatable bonds is 3. The van der Waals surface area contributed by atoms with E-state index in [0.29, 0.717) is 12.2 Å². The Balaban J connectivity index is 2.16. The predicted molar refractivity (Wildman–Crippen MR) is 70.1 cm³/mol. The van der Waals surface area contributed by atoms with Gasteiger partial charge in [-0.05, 0) is 29.8 Å². The summed E-state index contributed by atoms with van der Waals surface area (Å²) in [5, 5.41) is 3.34. The number of benzene rings is 2. The van der Waals surface area contributed by atoms with Gasteiger partial charge in [0.2, 0.25) is 0 Å². The molecular formula is C13H9Cl2F2N. The SMILES string of the molecule is Fc1cccc(CNc2c(Cl)cc(F)cc2Cl)c1. The molecule has 0 saturated heterocycles. The van der Waals surface area contributed by atoms with Crippen molar-refractivity contribution < 1.29 is 8.78 Å². The lowest BCUT2D eigenvalue weighted by molar-refractivity contribution is 0.626. The van der Waals surface area contributed by atoms with Crippen LogP contribution in [0.15, 0.2) is 36.4 Å². The standard InChI is InChI=1S/C13H9Cl2F2N/c14-11-5-10(17)6-12(15)13(11)18-7-8-2-1-3-9(16)4-8/h1-6,18H,7H2. The van der Waals surface area contributed by atoms with Crippen LogP contribution in [0.25, 0.3) is 0 Å². The highest BCUT2D eigenvalue weighted by molar-refractivity contribution is 6.39. The maximum absolute atomic E-state index is 13.0. The van der Waals surface area contributed by atoms with Crippen molar-refractivity contribution in [2.24, 2.45) is 0 Å². The van der Waals surface area contributed by atoms with Crippen LogP contribution < -0.4 is 5.32 Å². The van der Waals surface area contributed by atoms with E-state index in [4.69, 9.17) is 23.2 Å². The van der Waals surface area contributed by atoms with Gasteiger partial charge >= 0.3 is 0 Å². The number of halogens is 4. The molecule has 0 fully saturated rings. The minimum absolute atomic E-state index is 0.191. The monoisotopic (exact) mass is 287 g/mol. The number of hydrogen-bond donors (Lipinski definition) is 1. The van der Waals surface area contributed by atoms with Gasteiger partial charge in [0.05, 0.1) is 15.7 Å². The Labute approximate surface area is 113 Å². The summed E-state index contributed by atoms with van der Waals surface area (Å²) in [5.41, 5.74) is 1.18. The molecule has 1 nitrogen and oxygen atoms in total. The summed E-state index contributed by atoms with van der Waals surface area (Å²) in [6.07, 6.45) is 0. The lowest BCUT2D eigenvalue weighted by Gasteiger charge is -2.10. The van der Waals surface area contributed by atoms with Crippen LogP contribution in [0.3, 0.4) is 0 Å². The molecule has 0 bridgehead atoms. The third kappa shape index (κ3) is 3.12. The first-order chi connectivity index (χ1) is 8.56. The van der Waals surface area contributed by atoms with Crippen molar-refractivity contribution in [3.63, 3.8) is 0 Å². The van der Waals surface area contributed by atoms with E-state index in [2.05, 4.69) is 5.32 Å². The molecular weight excluding hydrogens is 279 g/mol. The molecule has 0 unspecified atom stereocenters. The molecule has 0 heterocycles. The quantitative estimate of drug-likeness (QED) is 0.848. The minimum atomic E-state index is -0.499. The molecule has 0 aliphatic rings. The summed E-state index contributed by atoms with van der Waals surface area (Å²) in [7, 11) is 0. The molecule has 0 amide bonds.